The summed E-state index contributed by atoms with van der Waals surface area (Å²) < 4.78 is 2.44. The minimum atomic E-state index is 1.13. The molecule has 1 heterocycles. The highest BCUT2D eigenvalue weighted by atomic mass is 15.1. The lowest BCUT2D eigenvalue weighted by atomic mass is 9.91. The van der Waals surface area contributed by atoms with E-state index in [1.165, 1.54) is 76.0 Å². The number of rotatable bonds is 5. The summed E-state index contributed by atoms with van der Waals surface area (Å²) in [6, 6.07) is 75.2. The van der Waals surface area contributed by atoms with Crippen molar-refractivity contribution in [2.75, 3.05) is 4.90 Å². The fourth-order valence-electron chi connectivity index (χ4n) is 8.70. The number of para-hydroxylation sites is 3. The van der Waals surface area contributed by atoms with Gasteiger partial charge in [0.25, 0.3) is 0 Å². The van der Waals surface area contributed by atoms with Crippen molar-refractivity contribution in [3.05, 3.63) is 206 Å². The van der Waals surface area contributed by atoms with Gasteiger partial charge in [-0.1, -0.05) is 133 Å². The Morgan fingerprint density at radius 2 is 0.870 bits per heavy atom. The normalized spacial score (nSPS) is 11.7. The molecule has 0 amide bonds. The minimum Gasteiger partial charge on any atom is -0.310 e. The number of anilines is 3. The molecule has 0 spiro atoms. The molecule has 252 valence electrons. The van der Waals surface area contributed by atoms with Gasteiger partial charge in [0, 0.05) is 33.5 Å². The summed E-state index contributed by atoms with van der Waals surface area (Å²) in [7, 11) is 0. The summed E-state index contributed by atoms with van der Waals surface area (Å²) in [6.07, 6.45) is 0. The number of benzene rings is 10. The highest BCUT2D eigenvalue weighted by molar-refractivity contribution is 6.30. The molecule has 0 saturated heterocycles. The molecule has 2 nitrogen and oxygen atoms in total. The molecule has 0 radical (unpaired) electrons. The van der Waals surface area contributed by atoms with E-state index >= 15 is 0 Å². The number of nitrogens with zero attached hydrogens (tertiary/aromatic N) is 2. The topological polar surface area (TPSA) is 8.17 Å². The smallest absolute Gasteiger partial charge is 0.0547 e. The van der Waals surface area contributed by atoms with E-state index in [0.29, 0.717) is 0 Å². The summed E-state index contributed by atoms with van der Waals surface area (Å²) >= 11 is 0. The van der Waals surface area contributed by atoms with Gasteiger partial charge in [0.15, 0.2) is 0 Å². The Morgan fingerprint density at radius 1 is 0.296 bits per heavy atom. The van der Waals surface area contributed by atoms with E-state index in [9.17, 15) is 0 Å². The first kappa shape index (κ1) is 30.5. The predicted molar refractivity (Wildman–Crippen MR) is 231 cm³/mol. The highest BCUT2D eigenvalue weighted by Gasteiger charge is 2.19. The largest absolute Gasteiger partial charge is 0.310 e. The van der Waals surface area contributed by atoms with Gasteiger partial charge < -0.3 is 9.47 Å². The van der Waals surface area contributed by atoms with Crippen molar-refractivity contribution in [2.24, 2.45) is 0 Å². The average molecular weight is 687 g/mol. The van der Waals surface area contributed by atoms with E-state index in [1.807, 2.05) is 0 Å². The second kappa shape index (κ2) is 12.2. The van der Waals surface area contributed by atoms with Gasteiger partial charge in [0.05, 0.1) is 11.0 Å². The lowest BCUT2D eigenvalue weighted by Gasteiger charge is -2.26. The Bertz CT molecular complexity index is 3160. The lowest BCUT2D eigenvalue weighted by molar-refractivity contribution is 1.18. The van der Waals surface area contributed by atoms with Crippen molar-refractivity contribution in [1.29, 1.82) is 0 Å². The van der Waals surface area contributed by atoms with E-state index in [0.717, 1.165) is 22.7 Å². The van der Waals surface area contributed by atoms with E-state index in [-0.39, 0.29) is 0 Å². The third-order valence-corrected chi connectivity index (χ3v) is 11.1. The number of hydrogen-bond acceptors (Lipinski definition) is 1. The molecule has 0 unspecified atom stereocenters. The van der Waals surface area contributed by atoms with Crippen LogP contribution in [0.5, 0.6) is 0 Å². The SMILES string of the molecule is c1ccc(-c2cccc(-n3c4ccccc4c4c5cc6c7ccc(N(c8ccccc8)c8ccccc8)cc7c7ccccc7c6cc5ccc43)c2)cc1. The van der Waals surface area contributed by atoms with Crippen molar-refractivity contribution in [1.82, 2.24) is 4.57 Å². The van der Waals surface area contributed by atoms with Gasteiger partial charge in [-0.05, 0) is 127 Å². The van der Waals surface area contributed by atoms with Gasteiger partial charge in [-0.2, -0.15) is 0 Å². The Kier molecular flexibility index (Phi) is 6.90. The molecule has 0 N–H and O–H groups in total. The molecule has 0 atom stereocenters. The van der Waals surface area contributed by atoms with Crippen LogP contribution in [0.15, 0.2) is 206 Å². The van der Waals surface area contributed by atoms with Crippen molar-refractivity contribution < 1.29 is 0 Å². The molecule has 54 heavy (non-hydrogen) atoms. The van der Waals surface area contributed by atoms with Crippen LogP contribution in [0.1, 0.15) is 0 Å². The number of fused-ring (bicyclic) bond motifs is 11. The highest BCUT2D eigenvalue weighted by Crippen LogP contribution is 2.44. The monoisotopic (exact) mass is 686 g/mol. The summed E-state index contributed by atoms with van der Waals surface area (Å²) in [5.74, 6) is 0. The second-order valence-corrected chi connectivity index (χ2v) is 14.1. The number of aromatic nitrogens is 1. The van der Waals surface area contributed by atoms with E-state index in [4.69, 9.17) is 0 Å². The summed E-state index contributed by atoms with van der Waals surface area (Å²) in [5.41, 5.74) is 9.40. The molecule has 0 fully saturated rings. The predicted octanol–water partition coefficient (Wildman–Crippen LogP) is 14.5. The zero-order valence-electron chi connectivity index (χ0n) is 29.5. The summed E-state index contributed by atoms with van der Waals surface area (Å²) in [6.45, 7) is 0. The molecule has 0 aliphatic heterocycles. The fraction of sp³-hybridized carbons (Fsp3) is 0. The number of hydrogen-bond donors (Lipinski definition) is 0. The van der Waals surface area contributed by atoms with Crippen LogP contribution < -0.4 is 4.90 Å². The van der Waals surface area contributed by atoms with Crippen LogP contribution in [0.2, 0.25) is 0 Å². The zero-order chi connectivity index (χ0) is 35.6. The second-order valence-electron chi connectivity index (χ2n) is 14.1. The standard InChI is InChI=1S/C52H34N2/c1-4-15-35(16-5-1)36-17-14-22-40(31-36)54-50-26-13-12-25-45(50)52-46-34-49-44-29-28-41(53(38-18-6-2-7-19-38)39-20-8-3-9-21-39)33-48(44)43-24-11-10-23-42(43)47(49)32-37(46)27-30-51(52)54/h1-34H. The van der Waals surface area contributed by atoms with Gasteiger partial charge in [-0.15, -0.1) is 0 Å². The minimum absolute atomic E-state index is 1.13. The van der Waals surface area contributed by atoms with Gasteiger partial charge in [-0.25, -0.2) is 0 Å². The molecular formula is C52H34N2. The molecule has 11 aromatic rings. The molecule has 1 aromatic heterocycles. The van der Waals surface area contributed by atoms with Gasteiger partial charge in [0.1, 0.15) is 0 Å². The van der Waals surface area contributed by atoms with E-state index in [1.54, 1.807) is 0 Å². The molecule has 0 saturated carbocycles. The van der Waals surface area contributed by atoms with Crippen LogP contribution >= 0.6 is 0 Å². The Hall–Kier alpha value is -7.16. The average Bonchev–Trinajstić information content (AvgIpc) is 3.59. The third-order valence-electron chi connectivity index (χ3n) is 11.1. The first-order chi connectivity index (χ1) is 26.8. The molecule has 10 aromatic carbocycles. The summed E-state index contributed by atoms with van der Waals surface area (Å²) in [4.78, 5) is 2.35. The van der Waals surface area contributed by atoms with Crippen LogP contribution in [0.3, 0.4) is 0 Å². The maximum absolute atomic E-state index is 2.46. The Labute approximate surface area is 313 Å². The van der Waals surface area contributed by atoms with E-state index < -0.39 is 0 Å². The maximum Gasteiger partial charge on any atom is 0.0547 e. The Morgan fingerprint density at radius 3 is 1.59 bits per heavy atom. The van der Waals surface area contributed by atoms with Crippen LogP contribution in [-0.4, -0.2) is 4.57 Å². The van der Waals surface area contributed by atoms with Crippen molar-refractivity contribution >= 4 is 82.0 Å². The van der Waals surface area contributed by atoms with Crippen LogP contribution in [-0.2, 0) is 0 Å². The first-order valence-electron chi connectivity index (χ1n) is 18.6. The van der Waals surface area contributed by atoms with Gasteiger partial charge in [-0.3, -0.25) is 0 Å². The van der Waals surface area contributed by atoms with Gasteiger partial charge >= 0.3 is 0 Å². The van der Waals surface area contributed by atoms with Crippen molar-refractivity contribution in [3.63, 3.8) is 0 Å². The van der Waals surface area contributed by atoms with Crippen LogP contribution in [0.25, 0.3) is 81.7 Å². The zero-order valence-corrected chi connectivity index (χ0v) is 29.5. The molecule has 2 heteroatoms. The molecule has 0 aliphatic carbocycles. The maximum atomic E-state index is 2.46. The first-order valence-corrected chi connectivity index (χ1v) is 18.6. The van der Waals surface area contributed by atoms with Crippen LogP contribution in [0, 0.1) is 0 Å². The quantitative estimate of drug-likeness (QED) is 0.129. The third kappa shape index (κ3) is 4.74. The van der Waals surface area contributed by atoms with E-state index in [2.05, 4.69) is 216 Å². The Balaban J connectivity index is 1.19. The van der Waals surface area contributed by atoms with Gasteiger partial charge in [0.2, 0.25) is 0 Å². The molecule has 0 aliphatic rings. The van der Waals surface area contributed by atoms with Crippen LogP contribution in [0.4, 0.5) is 17.1 Å². The molecular weight excluding hydrogens is 653 g/mol. The summed E-state index contributed by atoms with van der Waals surface area (Å²) in [5, 5.41) is 12.6. The fourth-order valence-corrected chi connectivity index (χ4v) is 8.70. The van der Waals surface area contributed by atoms with Crippen molar-refractivity contribution in [2.45, 2.75) is 0 Å². The molecule has 11 rings (SSSR count). The van der Waals surface area contributed by atoms with Crippen molar-refractivity contribution in [3.8, 4) is 16.8 Å². The lowest BCUT2D eigenvalue weighted by Crippen LogP contribution is -2.09. The molecule has 0 bridgehead atoms.